The number of fused-ring (bicyclic) bond motifs is 2. The third-order valence-corrected chi connectivity index (χ3v) is 8.63. The van der Waals surface area contributed by atoms with Crippen LogP contribution in [0.15, 0.2) is 48.5 Å². The summed E-state index contributed by atoms with van der Waals surface area (Å²) in [6.07, 6.45) is -2.27. The smallest absolute Gasteiger partial charge is 0.172 e. The summed E-state index contributed by atoms with van der Waals surface area (Å²) in [5.41, 5.74) is 12.8. The van der Waals surface area contributed by atoms with E-state index in [-0.39, 0.29) is 5.78 Å². The first kappa shape index (κ1) is 26.6. The molecule has 4 unspecified atom stereocenters. The lowest BCUT2D eigenvalue weighted by Crippen LogP contribution is -2.23. The molecule has 4 atom stereocenters. The summed E-state index contributed by atoms with van der Waals surface area (Å²) in [5, 5.41) is 23.1. The zero-order valence-electron chi connectivity index (χ0n) is 23.9. The Morgan fingerprint density at radius 1 is 0.605 bits per heavy atom. The van der Waals surface area contributed by atoms with Crippen LogP contribution in [0, 0.1) is 27.7 Å². The Morgan fingerprint density at radius 2 is 1.05 bits per heavy atom. The van der Waals surface area contributed by atoms with Crippen LogP contribution in [-0.4, -0.2) is 28.2 Å². The molecule has 0 amide bonds. The van der Waals surface area contributed by atoms with Crippen molar-refractivity contribution in [3.05, 3.63) is 93.0 Å². The van der Waals surface area contributed by atoms with Gasteiger partial charge in [0.25, 0.3) is 0 Å². The summed E-state index contributed by atoms with van der Waals surface area (Å²) in [6, 6.07) is 17.2. The van der Waals surface area contributed by atoms with E-state index in [0.29, 0.717) is 11.8 Å². The molecule has 0 heterocycles. The van der Waals surface area contributed by atoms with Crippen molar-refractivity contribution in [1.82, 2.24) is 0 Å². The fraction of sp³-hybridized carbons (Fsp3) is 0.400. The molecule has 3 heteroatoms. The minimum absolute atomic E-state index is 0.297. The van der Waals surface area contributed by atoms with E-state index in [9.17, 15) is 15.0 Å². The van der Waals surface area contributed by atoms with Crippen molar-refractivity contribution in [2.24, 2.45) is 0 Å². The average Bonchev–Trinajstić information content (AvgIpc) is 3.22. The van der Waals surface area contributed by atoms with E-state index in [1.165, 1.54) is 11.1 Å². The van der Waals surface area contributed by atoms with Gasteiger partial charge in [0.15, 0.2) is 5.78 Å². The van der Waals surface area contributed by atoms with Crippen molar-refractivity contribution in [2.45, 2.75) is 91.3 Å². The van der Waals surface area contributed by atoms with Crippen LogP contribution in [0.2, 0.25) is 0 Å². The number of hydrogen-bond donors (Lipinski definition) is 2. The summed E-state index contributed by atoms with van der Waals surface area (Å²) in [4.78, 5) is 13.7. The molecule has 5 rings (SSSR count). The van der Waals surface area contributed by atoms with Crippen LogP contribution < -0.4 is 0 Å². The lowest BCUT2D eigenvalue weighted by molar-refractivity contribution is -0.126. The van der Waals surface area contributed by atoms with Crippen molar-refractivity contribution in [3.63, 3.8) is 0 Å². The first-order chi connectivity index (χ1) is 17.9. The number of aliphatic hydroxyl groups is 2. The Kier molecular flexibility index (Phi) is 6.74. The van der Waals surface area contributed by atoms with E-state index >= 15 is 0 Å². The number of hydrogen-bond acceptors (Lipinski definition) is 3. The molecule has 1 fully saturated rings. The molecule has 5 aliphatic carbocycles. The monoisotopic (exact) mass is 508 g/mol. The highest BCUT2D eigenvalue weighted by Crippen LogP contribution is 2.50. The molecular formula is C35H40O3. The van der Waals surface area contributed by atoms with E-state index in [4.69, 9.17) is 0 Å². The molecule has 0 aromatic heterocycles. The van der Waals surface area contributed by atoms with Gasteiger partial charge in [-0.25, -0.2) is 0 Å². The Balaban J connectivity index is 1.63. The van der Waals surface area contributed by atoms with Crippen molar-refractivity contribution in [3.8, 4) is 22.3 Å². The predicted octanol–water partition coefficient (Wildman–Crippen LogP) is 7.55. The van der Waals surface area contributed by atoms with Gasteiger partial charge in [-0.1, -0.05) is 87.4 Å². The van der Waals surface area contributed by atoms with Gasteiger partial charge in [-0.2, -0.15) is 0 Å². The molecule has 2 N–H and O–H groups in total. The maximum atomic E-state index is 13.7. The van der Waals surface area contributed by atoms with Crippen LogP contribution in [0.1, 0.15) is 95.9 Å². The number of aryl methyl sites for hydroxylation is 4. The van der Waals surface area contributed by atoms with E-state index < -0.39 is 24.0 Å². The number of carbonyl (C=O) groups is 1. The molecule has 0 aliphatic heterocycles. The normalized spacial score (nSPS) is 21.9. The van der Waals surface area contributed by atoms with Crippen LogP contribution in [0.4, 0.5) is 0 Å². The zero-order chi connectivity index (χ0) is 27.6. The summed E-state index contributed by atoms with van der Waals surface area (Å²) in [7, 11) is 0. The number of Topliss-reactive ketones (excluding diaryl/α,β-unsaturated/α-hetero) is 1. The number of rotatable bonds is 4. The topological polar surface area (TPSA) is 57.5 Å². The lowest BCUT2D eigenvalue weighted by Gasteiger charge is -2.20. The van der Waals surface area contributed by atoms with Gasteiger partial charge in [-0.3, -0.25) is 4.79 Å². The first-order valence-corrected chi connectivity index (χ1v) is 13.9. The molecule has 0 radical (unpaired) electrons. The molecule has 3 nitrogen and oxygen atoms in total. The molecule has 198 valence electrons. The molecule has 0 spiro atoms. The van der Waals surface area contributed by atoms with Crippen molar-refractivity contribution in [2.75, 3.05) is 0 Å². The summed E-state index contributed by atoms with van der Waals surface area (Å²) in [6.45, 7) is 17.0. The number of aliphatic hydroxyl groups excluding tert-OH is 2. The van der Waals surface area contributed by atoms with Crippen molar-refractivity contribution >= 4 is 5.78 Å². The summed E-state index contributed by atoms with van der Waals surface area (Å²) < 4.78 is 0. The van der Waals surface area contributed by atoms with Crippen molar-refractivity contribution in [1.29, 1.82) is 0 Å². The molecule has 0 aromatic rings. The highest BCUT2D eigenvalue weighted by atomic mass is 16.3. The van der Waals surface area contributed by atoms with E-state index in [1.54, 1.807) is 0 Å². The predicted molar refractivity (Wildman–Crippen MR) is 156 cm³/mol. The Labute approximate surface area is 227 Å². The summed E-state index contributed by atoms with van der Waals surface area (Å²) >= 11 is 0. The maximum Gasteiger partial charge on any atom is 0.172 e. The highest BCUT2D eigenvalue weighted by Gasteiger charge is 2.51. The van der Waals surface area contributed by atoms with Crippen LogP contribution in [0.3, 0.4) is 0 Å². The highest BCUT2D eigenvalue weighted by molar-refractivity contribution is 5.97. The molecule has 1 saturated carbocycles. The van der Waals surface area contributed by atoms with Gasteiger partial charge >= 0.3 is 0 Å². The fourth-order valence-corrected chi connectivity index (χ4v) is 6.51. The lowest BCUT2D eigenvalue weighted by atomic mass is 9.87. The zero-order valence-corrected chi connectivity index (χ0v) is 23.9. The van der Waals surface area contributed by atoms with Crippen molar-refractivity contribution < 1.29 is 15.0 Å². The largest absolute Gasteiger partial charge is 0.391 e. The third-order valence-electron chi connectivity index (χ3n) is 8.63. The Bertz CT molecular complexity index is 1480. The Hall–Kier alpha value is -3.01. The van der Waals surface area contributed by atoms with Gasteiger partial charge in [0.1, 0.15) is 6.10 Å². The molecule has 0 bridgehead atoms. The van der Waals surface area contributed by atoms with Crippen LogP contribution in [0.25, 0.3) is 22.3 Å². The van der Waals surface area contributed by atoms with Gasteiger partial charge in [-0.05, 0) is 95.2 Å². The van der Waals surface area contributed by atoms with Gasteiger partial charge in [0.05, 0.1) is 12.0 Å². The second-order valence-corrected chi connectivity index (χ2v) is 12.2. The number of ketones is 1. The van der Waals surface area contributed by atoms with Crippen LogP contribution >= 0.6 is 0 Å². The first-order valence-electron chi connectivity index (χ1n) is 13.9. The van der Waals surface area contributed by atoms with E-state index in [2.05, 4.69) is 97.9 Å². The summed E-state index contributed by atoms with van der Waals surface area (Å²) in [5.74, 6) is -0.990. The second kappa shape index (κ2) is 9.63. The molecule has 0 aromatic carbocycles. The minimum Gasteiger partial charge on any atom is -0.391 e. The third kappa shape index (κ3) is 4.26. The average molecular weight is 509 g/mol. The van der Waals surface area contributed by atoms with E-state index in [1.807, 2.05) is 6.07 Å². The standard InChI is InChI=1S/C35H40O3/c1-17(2)23-9-19(5)11-27-25(15-23)21(7)13-29(27)31-33(36)32(35(38)34(31)37)30-14-22(8)26-16-24(18(3)4)10-20(6)12-28(26)30/h9-18,31-34,36-37H,1-8H3. The van der Waals surface area contributed by atoms with Gasteiger partial charge in [0, 0.05) is 5.92 Å². The molecule has 5 aliphatic rings. The quantitative estimate of drug-likeness (QED) is 0.299. The van der Waals surface area contributed by atoms with Crippen LogP contribution in [0.5, 0.6) is 0 Å². The number of carbonyl (C=O) groups excluding carboxylic acids is 1. The fourth-order valence-electron chi connectivity index (χ4n) is 6.51. The molecular weight excluding hydrogens is 468 g/mol. The second-order valence-electron chi connectivity index (χ2n) is 12.2. The Morgan fingerprint density at radius 3 is 1.53 bits per heavy atom. The molecule has 38 heavy (non-hydrogen) atoms. The van der Waals surface area contributed by atoms with Gasteiger partial charge in [0.2, 0.25) is 0 Å². The van der Waals surface area contributed by atoms with E-state index in [0.717, 1.165) is 55.6 Å². The van der Waals surface area contributed by atoms with Gasteiger partial charge < -0.3 is 10.2 Å². The van der Waals surface area contributed by atoms with Crippen LogP contribution in [-0.2, 0) is 4.79 Å². The SMILES string of the molecule is Cc1cc(C(C)C)cc2c(C)cc(C3C(=O)C(O)C(c4cc(C)c5cc(C(C)C)cc(C)cc4-5)C3O)c-2c1. The maximum absolute atomic E-state index is 13.7. The minimum atomic E-state index is -1.26. The van der Waals surface area contributed by atoms with Gasteiger partial charge in [-0.15, -0.1) is 0 Å². The molecule has 0 saturated heterocycles.